The van der Waals surface area contributed by atoms with E-state index in [0.29, 0.717) is 29.7 Å². The normalized spacial score (nSPS) is 18.4. The van der Waals surface area contributed by atoms with Crippen molar-refractivity contribution in [1.82, 2.24) is 5.16 Å². The van der Waals surface area contributed by atoms with Gasteiger partial charge in [0.25, 0.3) is 0 Å². The molecule has 6 nitrogen and oxygen atoms in total. The van der Waals surface area contributed by atoms with E-state index in [4.69, 9.17) is 24.5 Å². The largest absolute Gasteiger partial charge is 0.493 e. The summed E-state index contributed by atoms with van der Waals surface area (Å²) < 4.78 is 21.9. The van der Waals surface area contributed by atoms with Crippen molar-refractivity contribution in [3.63, 3.8) is 0 Å². The number of hydrogen-bond donors (Lipinski definition) is 1. The lowest BCUT2D eigenvalue weighted by Gasteiger charge is -2.24. The van der Waals surface area contributed by atoms with Gasteiger partial charge in [0, 0.05) is 18.2 Å². The maximum absolute atomic E-state index is 5.95. The standard InChI is InChI=1S/C15H18N2O4/c1-18-14-7-10(13-8-15(16)17-21-13)4-5-12(14)20-11-3-2-6-19-9-11/h4-5,7-8,11H,2-3,6,9H2,1H3,(H2,16,17). The Morgan fingerprint density at radius 3 is 2.86 bits per heavy atom. The van der Waals surface area contributed by atoms with Crippen LogP contribution in [0, 0.1) is 0 Å². The van der Waals surface area contributed by atoms with Gasteiger partial charge in [-0.2, -0.15) is 0 Å². The molecule has 1 fully saturated rings. The molecule has 0 amide bonds. The minimum atomic E-state index is 0.0689. The second-order valence-electron chi connectivity index (χ2n) is 4.94. The van der Waals surface area contributed by atoms with Gasteiger partial charge < -0.3 is 24.5 Å². The van der Waals surface area contributed by atoms with Crippen molar-refractivity contribution < 1.29 is 18.7 Å². The molecule has 21 heavy (non-hydrogen) atoms. The first-order chi connectivity index (χ1) is 10.3. The monoisotopic (exact) mass is 290 g/mol. The molecule has 3 rings (SSSR count). The van der Waals surface area contributed by atoms with Crippen molar-refractivity contribution in [3.05, 3.63) is 24.3 Å². The van der Waals surface area contributed by atoms with Crippen molar-refractivity contribution in [3.8, 4) is 22.8 Å². The van der Waals surface area contributed by atoms with E-state index in [1.165, 1.54) is 0 Å². The Morgan fingerprint density at radius 1 is 1.29 bits per heavy atom. The Hall–Kier alpha value is -2.21. The molecule has 1 aromatic carbocycles. The highest BCUT2D eigenvalue weighted by molar-refractivity contribution is 5.64. The van der Waals surface area contributed by atoms with Gasteiger partial charge in [0.15, 0.2) is 23.1 Å². The fourth-order valence-corrected chi connectivity index (χ4v) is 2.33. The molecule has 0 spiro atoms. The van der Waals surface area contributed by atoms with Crippen LogP contribution in [0.2, 0.25) is 0 Å². The molecule has 1 aliphatic heterocycles. The third-order valence-corrected chi connectivity index (χ3v) is 3.39. The van der Waals surface area contributed by atoms with Gasteiger partial charge in [0.1, 0.15) is 6.10 Å². The molecule has 0 aliphatic carbocycles. The first kappa shape index (κ1) is 13.8. The molecule has 112 valence electrons. The molecule has 1 saturated heterocycles. The van der Waals surface area contributed by atoms with Crippen molar-refractivity contribution >= 4 is 5.82 Å². The molecule has 0 radical (unpaired) electrons. The maximum atomic E-state index is 5.95. The van der Waals surface area contributed by atoms with Gasteiger partial charge in [0.05, 0.1) is 13.7 Å². The average molecular weight is 290 g/mol. The Morgan fingerprint density at radius 2 is 2.19 bits per heavy atom. The Labute approximate surface area is 122 Å². The van der Waals surface area contributed by atoms with Gasteiger partial charge in [0.2, 0.25) is 0 Å². The fourth-order valence-electron chi connectivity index (χ4n) is 2.33. The molecule has 1 aliphatic rings. The van der Waals surface area contributed by atoms with Gasteiger partial charge in [-0.15, -0.1) is 0 Å². The lowest BCUT2D eigenvalue weighted by molar-refractivity contribution is 0.00645. The molecule has 2 aromatic rings. The van der Waals surface area contributed by atoms with Crippen molar-refractivity contribution in [2.45, 2.75) is 18.9 Å². The van der Waals surface area contributed by atoms with E-state index in [0.717, 1.165) is 25.0 Å². The van der Waals surface area contributed by atoms with Crippen LogP contribution in [0.4, 0.5) is 5.82 Å². The summed E-state index contributed by atoms with van der Waals surface area (Å²) in [4.78, 5) is 0. The SMILES string of the molecule is COc1cc(-c2cc(N)no2)ccc1OC1CCCOC1. The smallest absolute Gasteiger partial charge is 0.169 e. The molecule has 1 unspecified atom stereocenters. The highest BCUT2D eigenvalue weighted by atomic mass is 16.5. The predicted molar refractivity (Wildman–Crippen MR) is 77.4 cm³/mol. The van der Waals surface area contributed by atoms with Crippen molar-refractivity contribution in [2.75, 3.05) is 26.1 Å². The third-order valence-electron chi connectivity index (χ3n) is 3.39. The van der Waals surface area contributed by atoms with Crippen LogP contribution in [0.3, 0.4) is 0 Å². The summed E-state index contributed by atoms with van der Waals surface area (Å²) in [5.41, 5.74) is 6.40. The lowest BCUT2D eigenvalue weighted by Crippen LogP contribution is -2.28. The van der Waals surface area contributed by atoms with Crippen LogP contribution in [-0.2, 0) is 4.74 Å². The van der Waals surface area contributed by atoms with Crippen LogP contribution in [0.15, 0.2) is 28.8 Å². The zero-order valence-corrected chi connectivity index (χ0v) is 11.9. The van der Waals surface area contributed by atoms with Crippen LogP contribution >= 0.6 is 0 Å². The zero-order chi connectivity index (χ0) is 14.7. The summed E-state index contributed by atoms with van der Waals surface area (Å²) in [5.74, 6) is 2.29. The van der Waals surface area contributed by atoms with Crippen molar-refractivity contribution in [2.24, 2.45) is 0 Å². The van der Waals surface area contributed by atoms with Crippen LogP contribution in [0.1, 0.15) is 12.8 Å². The molecular weight excluding hydrogens is 272 g/mol. The van der Waals surface area contributed by atoms with Crippen LogP contribution in [-0.4, -0.2) is 31.6 Å². The lowest BCUT2D eigenvalue weighted by atomic mass is 10.1. The quantitative estimate of drug-likeness (QED) is 0.932. The molecule has 2 heterocycles. The predicted octanol–water partition coefficient (Wildman–Crippen LogP) is 2.49. The van der Waals surface area contributed by atoms with Crippen molar-refractivity contribution in [1.29, 1.82) is 0 Å². The number of anilines is 1. The minimum Gasteiger partial charge on any atom is -0.493 e. The van der Waals surface area contributed by atoms with E-state index in [2.05, 4.69) is 5.16 Å². The van der Waals surface area contributed by atoms with Gasteiger partial charge in [-0.25, -0.2) is 0 Å². The van der Waals surface area contributed by atoms with Gasteiger partial charge in [-0.3, -0.25) is 0 Å². The average Bonchev–Trinajstić information content (AvgIpc) is 2.95. The summed E-state index contributed by atoms with van der Waals surface area (Å²) in [5, 5.41) is 3.68. The van der Waals surface area contributed by atoms with E-state index in [1.807, 2.05) is 18.2 Å². The van der Waals surface area contributed by atoms with Gasteiger partial charge >= 0.3 is 0 Å². The first-order valence-corrected chi connectivity index (χ1v) is 6.91. The van der Waals surface area contributed by atoms with Crippen LogP contribution in [0.5, 0.6) is 11.5 Å². The number of aromatic nitrogens is 1. The summed E-state index contributed by atoms with van der Waals surface area (Å²) >= 11 is 0. The van der Waals surface area contributed by atoms with E-state index in [1.54, 1.807) is 13.2 Å². The number of methoxy groups -OCH3 is 1. The molecule has 6 heteroatoms. The van der Waals surface area contributed by atoms with Crippen LogP contribution < -0.4 is 15.2 Å². The van der Waals surface area contributed by atoms with Gasteiger partial charge in [-0.1, -0.05) is 5.16 Å². The van der Waals surface area contributed by atoms with E-state index in [9.17, 15) is 0 Å². The highest BCUT2D eigenvalue weighted by Crippen LogP contribution is 2.34. The van der Waals surface area contributed by atoms with E-state index < -0.39 is 0 Å². The molecule has 1 atom stereocenters. The third kappa shape index (κ3) is 3.11. The minimum absolute atomic E-state index is 0.0689. The maximum Gasteiger partial charge on any atom is 0.169 e. The molecule has 0 bridgehead atoms. The Bertz CT molecular complexity index is 605. The molecule has 1 aromatic heterocycles. The molecular formula is C15H18N2O4. The summed E-state index contributed by atoms with van der Waals surface area (Å²) in [6.45, 7) is 1.42. The number of nitrogens with zero attached hydrogens (tertiary/aromatic N) is 1. The number of hydrogen-bond acceptors (Lipinski definition) is 6. The fraction of sp³-hybridized carbons (Fsp3) is 0.400. The second kappa shape index (κ2) is 6.05. The van der Waals surface area contributed by atoms with E-state index >= 15 is 0 Å². The Kier molecular flexibility index (Phi) is 3.96. The number of rotatable bonds is 4. The zero-order valence-electron chi connectivity index (χ0n) is 11.9. The summed E-state index contributed by atoms with van der Waals surface area (Å²) in [6, 6.07) is 7.27. The van der Waals surface area contributed by atoms with E-state index in [-0.39, 0.29) is 6.10 Å². The molecule has 2 N–H and O–H groups in total. The second-order valence-corrected chi connectivity index (χ2v) is 4.94. The number of nitrogen functional groups attached to an aromatic ring is 1. The van der Waals surface area contributed by atoms with Gasteiger partial charge in [-0.05, 0) is 31.0 Å². The summed E-state index contributed by atoms with van der Waals surface area (Å²) in [7, 11) is 1.61. The molecule has 0 saturated carbocycles. The number of benzene rings is 1. The number of nitrogens with two attached hydrogens (primary N) is 1. The first-order valence-electron chi connectivity index (χ1n) is 6.91. The Balaban J connectivity index is 1.81. The van der Waals surface area contributed by atoms with Crippen LogP contribution in [0.25, 0.3) is 11.3 Å². The number of ether oxygens (including phenoxy) is 3. The topological polar surface area (TPSA) is 79.7 Å². The summed E-state index contributed by atoms with van der Waals surface area (Å²) in [6.07, 6.45) is 2.07. The highest BCUT2D eigenvalue weighted by Gasteiger charge is 2.18.